The fraction of sp³-hybridized carbons (Fsp3) is 0.417. The quantitative estimate of drug-likeness (QED) is 0.766. The Morgan fingerprint density at radius 2 is 1.73 bits per heavy atom. The Morgan fingerprint density at radius 3 is 2.13 bits per heavy atom. The molecule has 0 unspecified atom stereocenters. The van der Waals surface area contributed by atoms with E-state index in [9.17, 15) is 4.79 Å². The first kappa shape index (κ1) is 12.3. The summed E-state index contributed by atoms with van der Waals surface area (Å²) in [6, 6.07) is 7.48. The van der Waals surface area contributed by atoms with Gasteiger partial charge in [-0.2, -0.15) is 0 Å². The van der Waals surface area contributed by atoms with Gasteiger partial charge < -0.3 is 0 Å². The second-order valence-corrected chi connectivity index (χ2v) is 11.1. The van der Waals surface area contributed by atoms with Gasteiger partial charge in [-0.1, -0.05) is 0 Å². The summed E-state index contributed by atoms with van der Waals surface area (Å²) in [7, 11) is 1.63. The topological polar surface area (TPSA) is 26.3 Å². The number of carbonyl (C=O) groups excluding carboxylic acids is 1. The van der Waals surface area contributed by atoms with Gasteiger partial charge in [0.1, 0.15) is 0 Å². The molecule has 0 fully saturated rings. The molecule has 0 saturated heterocycles. The minimum absolute atomic E-state index is 0.426. The van der Waals surface area contributed by atoms with Crippen LogP contribution in [0.2, 0.25) is 10.5 Å². The third-order valence-electron chi connectivity index (χ3n) is 2.73. The van der Waals surface area contributed by atoms with E-state index in [-0.39, 0.29) is 0 Å². The van der Waals surface area contributed by atoms with Crippen LogP contribution in [-0.2, 0) is 0 Å². The molecular formula is C12H18GeO2. The number of carbonyl (C=O) groups is 1. The number of benzene rings is 1. The molecule has 0 heterocycles. The van der Waals surface area contributed by atoms with E-state index in [0.717, 1.165) is 21.8 Å². The van der Waals surface area contributed by atoms with Crippen LogP contribution in [0.25, 0.3) is 0 Å². The van der Waals surface area contributed by atoms with Crippen LogP contribution in [0, 0.1) is 0 Å². The van der Waals surface area contributed by atoms with Gasteiger partial charge in [-0.15, -0.1) is 0 Å². The Balaban J connectivity index is 2.82. The van der Waals surface area contributed by atoms with Gasteiger partial charge >= 0.3 is 95.5 Å². The van der Waals surface area contributed by atoms with Gasteiger partial charge in [0, 0.05) is 0 Å². The van der Waals surface area contributed by atoms with Crippen molar-refractivity contribution in [2.45, 2.75) is 24.4 Å². The fourth-order valence-corrected chi connectivity index (χ4v) is 5.81. The van der Waals surface area contributed by atoms with Crippen molar-refractivity contribution in [1.82, 2.24) is 0 Å². The summed E-state index contributed by atoms with van der Waals surface area (Å²) in [5.74, 6) is 0.809. The molecule has 0 aliphatic heterocycles. The third-order valence-corrected chi connectivity index (χ3v) is 9.12. The number of ether oxygens (including phenoxy) is 1. The predicted octanol–water partition coefficient (Wildman–Crippen LogP) is 2.68. The molecule has 0 spiro atoms. The van der Waals surface area contributed by atoms with Gasteiger partial charge in [0.15, 0.2) is 0 Å². The summed E-state index contributed by atoms with van der Waals surface area (Å²) in [6.07, 6.45) is 0. The Kier molecular flexibility index (Phi) is 4.89. The normalized spacial score (nSPS) is 10.4. The van der Waals surface area contributed by atoms with Gasteiger partial charge in [0.25, 0.3) is 0 Å². The molecule has 15 heavy (non-hydrogen) atoms. The molecule has 0 saturated carbocycles. The van der Waals surface area contributed by atoms with Crippen molar-refractivity contribution in [2.24, 2.45) is 0 Å². The molecule has 1 rings (SSSR count). The molecule has 0 radical (unpaired) electrons. The zero-order valence-electron chi connectivity index (χ0n) is 9.62. The second-order valence-electron chi connectivity index (χ2n) is 3.61. The van der Waals surface area contributed by atoms with Crippen molar-refractivity contribution >= 4 is 19.0 Å². The Morgan fingerprint density at radius 1 is 1.20 bits per heavy atom. The molecule has 0 aliphatic carbocycles. The predicted molar refractivity (Wildman–Crippen MR) is 65.4 cm³/mol. The first-order valence-corrected chi connectivity index (χ1v) is 10.0. The SMILES string of the molecule is C[CH2][GeH]([CH2]C)[C](=O)c1ccc(OC)cc1. The zero-order valence-corrected chi connectivity index (χ0v) is 12.0. The molecule has 82 valence electrons. The van der Waals surface area contributed by atoms with Crippen LogP contribution in [-0.4, -0.2) is 26.1 Å². The van der Waals surface area contributed by atoms with E-state index >= 15 is 0 Å². The van der Waals surface area contributed by atoms with Gasteiger partial charge in [0.2, 0.25) is 0 Å². The van der Waals surface area contributed by atoms with Crippen molar-refractivity contribution in [1.29, 1.82) is 0 Å². The first-order chi connectivity index (χ1) is 7.22. The molecule has 0 aromatic heterocycles. The van der Waals surface area contributed by atoms with Crippen molar-refractivity contribution in [2.75, 3.05) is 7.11 Å². The van der Waals surface area contributed by atoms with Crippen molar-refractivity contribution in [3.8, 4) is 5.75 Å². The standard InChI is InChI=1S/C12H18GeO2/c1-4-13(5-2)12(14)10-6-8-11(15-3)9-7-10/h6-9,13H,4-5H2,1-3H3. The molecule has 0 bridgehead atoms. The van der Waals surface area contributed by atoms with Crippen LogP contribution in [0.5, 0.6) is 5.75 Å². The number of methoxy groups -OCH3 is 1. The van der Waals surface area contributed by atoms with Crippen molar-refractivity contribution in [3.05, 3.63) is 29.8 Å². The maximum atomic E-state index is 12.0. The van der Waals surface area contributed by atoms with E-state index in [0.29, 0.717) is 4.62 Å². The van der Waals surface area contributed by atoms with Crippen LogP contribution < -0.4 is 4.74 Å². The molecule has 0 N–H and O–H groups in total. The summed E-state index contributed by atoms with van der Waals surface area (Å²) >= 11 is -1.70. The van der Waals surface area contributed by atoms with Crippen molar-refractivity contribution < 1.29 is 9.53 Å². The van der Waals surface area contributed by atoms with E-state index in [1.54, 1.807) is 7.11 Å². The van der Waals surface area contributed by atoms with E-state index in [2.05, 4.69) is 13.8 Å². The van der Waals surface area contributed by atoms with Gasteiger partial charge in [-0.05, 0) is 0 Å². The Labute approximate surface area is 95.7 Å². The maximum absolute atomic E-state index is 12.0. The summed E-state index contributed by atoms with van der Waals surface area (Å²) in [6.45, 7) is 4.27. The van der Waals surface area contributed by atoms with E-state index in [1.807, 2.05) is 24.3 Å². The van der Waals surface area contributed by atoms with Crippen LogP contribution in [0.4, 0.5) is 0 Å². The van der Waals surface area contributed by atoms with Gasteiger partial charge in [-0.3, -0.25) is 0 Å². The molecule has 3 heteroatoms. The number of rotatable bonds is 5. The number of hydrogen-bond acceptors (Lipinski definition) is 2. The number of hydrogen-bond donors (Lipinski definition) is 0. The molecule has 0 amide bonds. The molecule has 1 aromatic carbocycles. The van der Waals surface area contributed by atoms with Crippen LogP contribution in [0.1, 0.15) is 24.2 Å². The van der Waals surface area contributed by atoms with E-state index < -0.39 is 14.3 Å². The van der Waals surface area contributed by atoms with Crippen molar-refractivity contribution in [3.63, 3.8) is 0 Å². The second kappa shape index (κ2) is 5.96. The zero-order chi connectivity index (χ0) is 11.3. The average Bonchev–Trinajstić information content (AvgIpc) is 2.30. The molecule has 1 aromatic rings. The summed E-state index contributed by atoms with van der Waals surface area (Å²) in [5, 5.41) is 2.18. The first-order valence-electron chi connectivity index (χ1n) is 5.41. The van der Waals surface area contributed by atoms with Crippen LogP contribution in [0.3, 0.4) is 0 Å². The van der Waals surface area contributed by atoms with Gasteiger partial charge in [0.05, 0.1) is 0 Å². The molecule has 2 nitrogen and oxygen atoms in total. The monoisotopic (exact) mass is 268 g/mol. The third kappa shape index (κ3) is 3.09. The van der Waals surface area contributed by atoms with Crippen LogP contribution >= 0.6 is 0 Å². The molecule has 0 atom stereocenters. The minimum atomic E-state index is -1.70. The summed E-state index contributed by atoms with van der Waals surface area (Å²) < 4.78 is 5.49. The van der Waals surface area contributed by atoms with Crippen LogP contribution in [0.15, 0.2) is 24.3 Å². The summed E-state index contributed by atoms with van der Waals surface area (Å²) in [4.78, 5) is 12.0. The fourth-order valence-electron chi connectivity index (χ4n) is 1.65. The van der Waals surface area contributed by atoms with E-state index in [1.165, 1.54) is 0 Å². The Bertz CT molecular complexity index is 315. The summed E-state index contributed by atoms with van der Waals surface area (Å²) in [5.41, 5.74) is 0.865. The van der Waals surface area contributed by atoms with Gasteiger partial charge in [-0.25, -0.2) is 0 Å². The Hall–Kier alpha value is -0.767. The average molecular weight is 267 g/mol. The van der Waals surface area contributed by atoms with E-state index in [4.69, 9.17) is 4.74 Å². The molecule has 0 aliphatic rings. The molecular weight excluding hydrogens is 249 g/mol.